The molecular weight excluding hydrogens is 392 g/mol. The SMILES string of the molecule is Cl.NCCCNC(=O)c1nn(-c2cccc(Br)c2)c2c1CCCC2. The highest BCUT2D eigenvalue weighted by Crippen LogP contribution is 2.27. The van der Waals surface area contributed by atoms with Crippen LogP contribution in [0.3, 0.4) is 0 Å². The molecule has 24 heavy (non-hydrogen) atoms. The van der Waals surface area contributed by atoms with Crippen molar-refractivity contribution in [1.82, 2.24) is 15.1 Å². The Morgan fingerprint density at radius 2 is 2.12 bits per heavy atom. The van der Waals surface area contributed by atoms with E-state index in [1.54, 1.807) is 0 Å². The highest BCUT2D eigenvalue weighted by Gasteiger charge is 2.25. The van der Waals surface area contributed by atoms with Crippen LogP contribution in [0.25, 0.3) is 5.69 Å². The maximum atomic E-state index is 12.5. The minimum absolute atomic E-state index is 0. The number of hydrogen-bond donors (Lipinski definition) is 2. The van der Waals surface area contributed by atoms with E-state index >= 15 is 0 Å². The molecule has 1 heterocycles. The van der Waals surface area contributed by atoms with E-state index in [-0.39, 0.29) is 18.3 Å². The van der Waals surface area contributed by atoms with Crippen LogP contribution in [-0.2, 0) is 12.8 Å². The van der Waals surface area contributed by atoms with Crippen LogP contribution in [0.2, 0.25) is 0 Å². The third-order valence-corrected chi connectivity index (χ3v) is 4.61. The second-order valence-electron chi connectivity index (χ2n) is 5.77. The van der Waals surface area contributed by atoms with Gasteiger partial charge in [-0.25, -0.2) is 4.68 Å². The number of aromatic nitrogens is 2. The predicted molar refractivity (Wildman–Crippen MR) is 101 cm³/mol. The molecule has 1 aliphatic rings. The summed E-state index contributed by atoms with van der Waals surface area (Å²) in [6.45, 7) is 1.17. The summed E-state index contributed by atoms with van der Waals surface area (Å²) in [4.78, 5) is 12.5. The first-order valence-corrected chi connectivity index (χ1v) is 8.85. The number of nitrogens with one attached hydrogen (secondary N) is 1. The van der Waals surface area contributed by atoms with Gasteiger partial charge >= 0.3 is 0 Å². The summed E-state index contributed by atoms with van der Waals surface area (Å²) in [5.74, 6) is -0.0923. The molecule has 1 aromatic heterocycles. The average Bonchev–Trinajstić information content (AvgIpc) is 2.95. The summed E-state index contributed by atoms with van der Waals surface area (Å²) in [7, 11) is 0. The van der Waals surface area contributed by atoms with Crippen molar-refractivity contribution in [2.24, 2.45) is 5.73 Å². The smallest absolute Gasteiger partial charge is 0.272 e. The lowest BCUT2D eigenvalue weighted by Crippen LogP contribution is -2.27. The Kier molecular flexibility index (Phi) is 6.83. The molecule has 0 atom stereocenters. The zero-order valence-electron chi connectivity index (χ0n) is 13.4. The molecule has 7 heteroatoms. The van der Waals surface area contributed by atoms with Crippen LogP contribution in [0.15, 0.2) is 28.7 Å². The average molecular weight is 414 g/mol. The molecule has 0 spiro atoms. The van der Waals surface area contributed by atoms with Gasteiger partial charge in [-0.15, -0.1) is 12.4 Å². The maximum Gasteiger partial charge on any atom is 0.272 e. The van der Waals surface area contributed by atoms with E-state index in [1.165, 1.54) is 5.69 Å². The lowest BCUT2D eigenvalue weighted by atomic mass is 9.95. The zero-order chi connectivity index (χ0) is 16.2. The van der Waals surface area contributed by atoms with Crippen LogP contribution in [-0.4, -0.2) is 28.8 Å². The maximum absolute atomic E-state index is 12.5. The number of rotatable bonds is 5. The quantitative estimate of drug-likeness (QED) is 0.740. The van der Waals surface area contributed by atoms with E-state index in [0.717, 1.165) is 47.8 Å². The zero-order valence-corrected chi connectivity index (χ0v) is 15.8. The van der Waals surface area contributed by atoms with Gasteiger partial charge < -0.3 is 11.1 Å². The van der Waals surface area contributed by atoms with Crippen molar-refractivity contribution in [2.75, 3.05) is 13.1 Å². The van der Waals surface area contributed by atoms with Crippen molar-refractivity contribution in [3.05, 3.63) is 45.7 Å². The molecule has 2 aromatic rings. The number of carbonyl (C=O) groups is 1. The molecule has 0 unspecified atom stereocenters. The molecule has 0 bridgehead atoms. The third kappa shape index (κ3) is 3.99. The van der Waals surface area contributed by atoms with E-state index in [4.69, 9.17) is 5.73 Å². The Morgan fingerprint density at radius 3 is 2.88 bits per heavy atom. The fraction of sp³-hybridized carbons (Fsp3) is 0.412. The van der Waals surface area contributed by atoms with Gasteiger partial charge in [0, 0.05) is 22.3 Å². The second kappa shape index (κ2) is 8.65. The summed E-state index contributed by atoms with van der Waals surface area (Å²) in [6, 6.07) is 8.01. The molecule has 0 saturated heterocycles. The Morgan fingerprint density at radius 1 is 1.33 bits per heavy atom. The number of amides is 1. The molecule has 1 aliphatic carbocycles. The highest BCUT2D eigenvalue weighted by atomic mass is 79.9. The van der Waals surface area contributed by atoms with Gasteiger partial charge in [0.2, 0.25) is 0 Å². The number of benzene rings is 1. The van der Waals surface area contributed by atoms with Gasteiger partial charge in [-0.1, -0.05) is 22.0 Å². The lowest BCUT2D eigenvalue weighted by Gasteiger charge is -2.14. The molecule has 3 N–H and O–H groups in total. The van der Waals surface area contributed by atoms with Crippen LogP contribution >= 0.6 is 28.3 Å². The van der Waals surface area contributed by atoms with Gasteiger partial charge in [0.25, 0.3) is 5.91 Å². The van der Waals surface area contributed by atoms with Crippen molar-refractivity contribution in [1.29, 1.82) is 0 Å². The number of nitrogens with zero attached hydrogens (tertiary/aromatic N) is 2. The fourth-order valence-corrected chi connectivity index (χ4v) is 3.38. The molecular formula is C17H22BrClN4O. The van der Waals surface area contributed by atoms with Crippen LogP contribution in [0, 0.1) is 0 Å². The van der Waals surface area contributed by atoms with Crippen LogP contribution in [0.4, 0.5) is 0 Å². The van der Waals surface area contributed by atoms with Gasteiger partial charge in [0.1, 0.15) is 0 Å². The van der Waals surface area contributed by atoms with E-state index < -0.39 is 0 Å². The summed E-state index contributed by atoms with van der Waals surface area (Å²) < 4.78 is 2.93. The topological polar surface area (TPSA) is 72.9 Å². The molecule has 1 amide bonds. The van der Waals surface area contributed by atoms with E-state index in [2.05, 4.69) is 26.3 Å². The van der Waals surface area contributed by atoms with E-state index in [1.807, 2.05) is 28.9 Å². The molecule has 5 nitrogen and oxygen atoms in total. The Hall–Kier alpha value is -1.37. The van der Waals surface area contributed by atoms with Gasteiger partial charge in [-0.2, -0.15) is 5.10 Å². The standard InChI is InChI=1S/C17H21BrN4O.ClH/c18-12-5-3-6-13(11-12)22-15-8-2-1-7-14(15)16(21-22)17(23)20-10-4-9-19;/h3,5-6,11H,1-2,4,7-10,19H2,(H,20,23);1H. The first kappa shape index (κ1) is 19.0. The number of carbonyl (C=O) groups excluding carboxylic acids is 1. The van der Waals surface area contributed by atoms with E-state index in [9.17, 15) is 4.79 Å². The molecule has 1 aromatic carbocycles. The Labute approximate surface area is 156 Å². The van der Waals surface area contributed by atoms with Gasteiger partial charge in [0.05, 0.1) is 5.69 Å². The number of fused-ring (bicyclic) bond motifs is 1. The summed E-state index contributed by atoms with van der Waals surface area (Å²) in [5.41, 5.74) is 9.30. The van der Waals surface area contributed by atoms with Gasteiger partial charge in [-0.3, -0.25) is 4.79 Å². The largest absolute Gasteiger partial charge is 0.351 e. The van der Waals surface area contributed by atoms with Crippen LogP contribution in [0.5, 0.6) is 0 Å². The third-order valence-electron chi connectivity index (χ3n) is 4.11. The van der Waals surface area contributed by atoms with Gasteiger partial charge in [-0.05, 0) is 56.8 Å². The Bertz CT molecular complexity index is 717. The number of hydrogen-bond acceptors (Lipinski definition) is 3. The number of halogens is 2. The van der Waals surface area contributed by atoms with Crippen LogP contribution < -0.4 is 11.1 Å². The molecule has 0 fully saturated rings. The number of nitrogens with two attached hydrogens (primary N) is 1. The minimum atomic E-state index is -0.0923. The van der Waals surface area contributed by atoms with Crippen molar-refractivity contribution < 1.29 is 4.79 Å². The first-order valence-electron chi connectivity index (χ1n) is 8.05. The summed E-state index contributed by atoms with van der Waals surface area (Å²) in [5, 5.41) is 7.56. The Balaban J connectivity index is 0.00000208. The predicted octanol–water partition coefficient (Wildman–Crippen LogP) is 3.01. The lowest BCUT2D eigenvalue weighted by molar-refractivity contribution is 0.0947. The molecule has 0 saturated carbocycles. The molecule has 3 rings (SSSR count). The fourth-order valence-electron chi connectivity index (χ4n) is 2.99. The van der Waals surface area contributed by atoms with E-state index in [0.29, 0.717) is 18.8 Å². The molecule has 0 radical (unpaired) electrons. The molecule has 0 aliphatic heterocycles. The highest BCUT2D eigenvalue weighted by molar-refractivity contribution is 9.10. The summed E-state index contributed by atoms with van der Waals surface area (Å²) >= 11 is 3.50. The minimum Gasteiger partial charge on any atom is -0.351 e. The van der Waals surface area contributed by atoms with Crippen molar-refractivity contribution in [3.8, 4) is 5.69 Å². The monoisotopic (exact) mass is 412 g/mol. The van der Waals surface area contributed by atoms with Crippen molar-refractivity contribution in [2.45, 2.75) is 32.1 Å². The normalized spacial score (nSPS) is 13.1. The van der Waals surface area contributed by atoms with Crippen LogP contribution in [0.1, 0.15) is 41.0 Å². The van der Waals surface area contributed by atoms with Crippen molar-refractivity contribution >= 4 is 34.2 Å². The van der Waals surface area contributed by atoms with Gasteiger partial charge in [0.15, 0.2) is 5.69 Å². The second-order valence-corrected chi connectivity index (χ2v) is 6.69. The summed E-state index contributed by atoms with van der Waals surface area (Å²) in [6.07, 6.45) is 4.91. The first-order chi connectivity index (χ1) is 11.2. The molecule has 130 valence electrons. The van der Waals surface area contributed by atoms with Crippen molar-refractivity contribution in [3.63, 3.8) is 0 Å².